The van der Waals surface area contributed by atoms with Gasteiger partial charge in [-0.15, -0.1) is 5.10 Å². The molecule has 19 heavy (non-hydrogen) atoms. The lowest BCUT2D eigenvalue weighted by atomic mass is 10.1. The average Bonchev–Trinajstić information content (AvgIpc) is 2.85. The minimum absolute atomic E-state index is 0.00698. The van der Waals surface area contributed by atoms with Gasteiger partial charge in [0.1, 0.15) is 5.78 Å². The molecule has 0 saturated heterocycles. The van der Waals surface area contributed by atoms with E-state index in [0.717, 1.165) is 5.56 Å². The molecular weight excluding hydrogens is 262 g/mol. The van der Waals surface area contributed by atoms with Crippen molar-refractivity contribution in [2.45, 2.75) is 19.0 Å². The van der Waals surface area contributed by atoms with E-state index in [-0.39, 0.29) is 11.6 Å². The molecule has 0 radical (unpaired) electrons. The quantitative estimate of drug-likeness (QED) is 0.669. The van der Waals surface area contributed by atoms with Crippen LogP contribution in [0.25, 0.3) is 11.4 Å². The van der Waals surface area contributed by atoms with Crippen LogP contribution in [0.4, 0.5) is 0 Å². The molecule has 2 rings (SSSR count). The number of hydrogen-bond acceptors (Lipinski definition) is 5. The first-order valence-electron chi connectivity index (χ1n) is 5.72. The molecule has 0 fully saturated rings. The van der Waals surface area contributed by atoms with Crippen molar-refractivity contribution < 1.29 is 9.59 Å². The Bertz CT molecular complexity index is 622. The van der Waals surface area contributed by atoms with Crippen LogP contribution in [0.1, 0.15) is 24.2 Å². The fourth-order valence-corrected chi connectivity index (χ4v) is 2.09. The molecule has 5 nitrogen and oxygen atoms in total. The van der Waals surface area contributed by atoms with E-state index in [4.69, 9.17) is 0 Å². The van der Waals surface area contributed by atoms with Crippen molar-refractivity contribution in [3.8, 4) is 11.4 Å². The highest BCUT2D eigenvalue weighted by molar-refractivity contribution is 7.99. The average molecular weight is 275 g/mol. The fourth-order valence-electron chi connectivity index (χ4n) is 1.49. The van der Waals surface area contributed by atoms with E-state index in [1.54, 1.807) is 18.2 Å². The third-order valence-corrected chi connectivity index (χ3v) is 3.40. The van der Waals surface area contributed by atoms with E-state index in [1.165, 1.54) is 25.6 Å². The van der Waals surface area contributed by atoms with Crippen LogP contribution in [0.5, 0.6) is 0 Å². The molecule has 1 aromatic carbocycles. The van der Waals surface area contributed by atoms with E-state index in [2.05, 4.69) is 15.2 Å². The van der Waals surface area contributed by atoms with Crippen molar-refractivity contribution in [2.75, 3.05) is 5.75 Å². The Hall–Kier alpha value is -1.95. The molecule has 0 unspecified atom stereocenters. The van der Waals surface area contributed by atoms with Gasteiger partial charge in [0.15, 0.2) is 11.6 Å². The second kappa shape index (κ2) is 5.79. The second-order valence-corrected chi connectivity index (χ2v) is 5.04. The van der Waals surface area contributed by atoms with Crippen molar-refractivity contribution in [1.82, 2.24) is 15.2 Å². The molecule has 0 saturated carbocycles. The van der Waals surface area contributed by atoms with Gasteiger partial charge in [-0.25, -0.2) is 4.98 Å². The fraction of sp³-hybridized carbons (Fsp3) is 0.231. The number of H-pyrrole nitrogens is 1. The zero-order valence-corrected chi connectivity index (χ0v) is 11.5. The molecule has 6 heteroatoms. The minimum atomic E-state index is 0.00698. The van der Waals surface area contributed by atoms with Crippen LogP contribution < -0.4 is 0 Å². The van der Waals surface area contributed by atoms with Gasteiger partial charge in [0.05, 0.1) is 5.75 Å². The summed E-state index contributed by atoms with van der Waals surface area (Å²) in [5.74, 6) is 1.03. The lowest BCUT2D eigenvalue weighted by Gasteiger charge is -1.98. The van der Waals surface area contributed by atoms with Gasteiger partial charge >= 0.3 is 0 Å². The summed E-state index contributed by atoms with van der Waals surface area (Å²) in [5.41, 5.74) is 1.43. The van der Waals surface area contributed by atoms with Crippen molar-refractivity contribution in [3.05, 3.63) is 29.8 Å². The van der Waals surface area contributed by atoms with Gasteiger partial charge < -0.3 is 0 Å². The number of aromatic nitrogens is 3. The summed E-state index contributed by atoms with van der Waals surface area (Å²) in [6.45, 7) is 3.05. The van der Waals surface area contributed by atoms with Crippen molar-refractivity contribution in [1.29, 1.82) is 0 Å². The third kappa shape index (κ3) is 3.51. The first kappa shape index (κ1) is 13.5. The predicted molar refractivity (Wildman–Crippen MR) is 73.2 cm³/mol. The number of aromatic amines is 1. The van der Waals surface area contributed by atoms with Gasteiger partial charge in [0.25, 0.3) is 0 Å². The molecule has 1 aromatic heterocycles. The van der Waals surface area contributed by atoms with Crippen molar-refractivity contribution in [2.24, 2.45) is 0 Å². The number of rotatable bonds is 5. The van der Waals surface area contributed by atoms with Crippen molar-refractivity contribution in [3.63, 3.8) is 0 Å². The number of hydrogen-bond donors (Lipinski definition) is 1. The van der Waals surface area contributed by atoms with E-state index in [1.807, 2.05) is 6.07 Å². The Morgan fingerprint density at radius 1 is 1.32 bits per heavy atom. The maximum absolute atomic E-state index is 11.3. The molecule has 0 amide bonds. The molecule has 98 valence electrons. The largest absolute Gasteiger partial charge is 0.299 e. The lowest BCUT2D eigenvalue weighted by Crippen LogP contribution is -1.93. The van der Waals surface area contributed by atoms with Crippen LogP contribution in [0.3, 0.4) is 0 Å². The van der Waals surface area contributed by atoms with Gasteiger partial charge in [0.2, 0.25) is 5.16 Å². The summed E-state index contributed by atoms with van der Waals surface area (Å²) >= 11 is 1.28. The lowest BCUT2D eigenvalue weighted by molar-refractivity contribution is -0.114. The van der Waals surface area contributed by atoms with Crippen molar-refractivity contribution >= 4 is 23.3 Å². The third-order valence-electron chi connectivity index (χ3n) is 2.41. The molecular formula is C13H13N3O2S. The van der Waals surface area contributed by atoms with Crippen LogP contribution in [0.2, 0.25) is 0 Å². The van der Waals surface area contributed by atoms with E-state index in [0.29, 0.717) is 22.3 Å². The summed E-state index contributed by atoms with van der Waals surface area (Å²) in [6, 6.07) is 7.18. The summed E-state index contributed by atoms with van der Waals surface area (Å²) in [6.07, 6.45) is 0. The minimum Gasteiger partial charge on any atom is -0.299 e. The van der Waals surface area contributed by atoms with Gasteiger partial charge in [-0.3, -0.25) is 14.7 Å². The van der Waals surface area contributed by atoms with Gasteiger partial charge in [0, 0.05) is 11.1 Å². The van der Waals surface area contributed by atoms with E-state index >= 15 is 0 Å². The van der Waals surface area contributed by atoms with Crippen LogP contribution in [0, 0.1) is 0 Å². The zero-order chi connectivity index (χ0) is 13.8. The maximum atomic E-state index is 11.3. The Labute approximate surface area is 114 Å². The van der Waals surface area contributed by atoms with Gasteiger partial charge in [-0.2, -0.15) is 0 Å². The number of nitrogens with zero attached hydrogens (tertiary/aromatic N) is 2. The number of ketones is 2. The Morgan fingerprint density at radius 3 is 2.79 bits per heavy atom. The van der Waals surface area contributed by atoms with E-state index in [9.17, 15) is 9.59 Å². The second-order valence-electron chi connectivity index (χ2n) is 4.09. The Balaban J connectivity index is 2.20. The molecule has 2 aromatic rings. The topological polar surface area (TPSA) is 75.7 Å². The molecule has 0 aliphatic heterocycles. The van der Waals surface area contributed by atoms with Gasteiger partial charge in [-0.1, -0.05) is 30.0 Å². The van der Waals surface area contributed by atoms with E-state index < -0.39 is 0 Å². The van der Waals surface area contributed by atoms with Crippen LogP contribution >= 0.6 is 11.8 Å². The molecule has 0 spiro atoms. The molecule has 0 aliphatic rings. The highest BCUT2D eigenvalue weighted by Crippen LogP contribution is 2.20. The molecule has 0 aliphatic carbocycles. The highest BCUT2D eigenvalue weighted by Gasteiger charge is 2.08. The van der Waals surface area contributed by atoms with Crippen LogP contribution in [-0.2, 0) is 4.79 Å². The molecule has 1 heterocycles. The first-order valence-corrected chi connectivity index (χ1v) is 6.71. The number of carbonyl (C=O) groups is 2. The normalized spacial score (nSPS) is 10.4. The first-order chi connectivity index (χ1) is 9.06. The van der Waals surface area contributed by atoms with Crippen LogP contribution in [0.15, 0.2) is 29.4 Å². The summed E-state index contributed by atoms with van der Waals surface area (Å²) < 4.78 is 0. The summed E-state index contributed by atoms with van der Waals surface area (Å²) in [7, 11) is 0. The number of benzene rings is 1. The zero-order valence-electron chi connectivity index (χ0n) is 10.6. The molecule has 0 bridgehead atoms. The smallest absolute Gasteiger partial charge is 0.209 e. The monoisotopic (exact) mass is 275 g/mol. The summed E-state index contributed by atoms with van der Waals surface area (Å²) in [5, 5.41) is 7.36. The number of nitrogens with one attached hydrogen (secondary N) is 1. The Morgan fingerprint density at radius 2 is 2.11 bits per heavy atom. The number of Topliss-reactive ketones (excluding diaryl/α,β-unsaturated/α-hetero) is 2. The Kier molecular flexibility index (Phi) is 4.11. The van der Waals surface area contributed by atoms with Crippen LogP contribution in [-0.4, -0.2) is 32.5 Å². The SMILES string of the molecule is CC(=O)CSc1n[nH]c(-c2cccc(C(C)=O)c2)n1. The maximum Gasteiger partial charge on any atom is 0.209 e. The number of thioether (sulfide) groups is 1. The highest BCUT2D eigenvalue weighted by atomic mass is 32.2. The summed E-state index contributed by atoms with van der Waals surface area (Å²) in [4.78, 5) is 26.5. The van der Waals surface area contributed by atoms with Gasteiger partial charge in [-0.05, 0) is 19.9 Å². The standard InChI is InChI=1S/C13H13N3O2S/c1-8(17)7-19-13-14-12(15-16-13)11-5-3-4-10(6-11)9(2)18/h3-6H,7H2,1-2H3,(H,14,15,16). The number of carbonyl (C=O) groups excluding carboxylic acids is 2. The molecule has 1 N–H and O–H groups in total. The molecule has 0 atom stereocenters. The predicted octanol–water partition coefficient (Wildman–Crippen LogP) is 2.36.